The average Bonchev–Trinajstić information content (AvgIpc) is 2.47. The first-order valence-electron chi connectivity index (χ1n) is 6.58. The highest BCUT2D eigenvalue weighted by atomic mass is 16.5. The van der Waals surface area contributed by atoms with Crippen molar-refractivity contribution >= 4 is 6.29 Å². The number of benzene rings is 2. The minimum atomic E-state index is 0.401. The molecular formula is C17H18O3. The van der Waals surface area contributed by atoms with Crippen molar-refractivity contribution in [1.82, 2.24) is 0 Å². The monoisotopic (exact) mass is 270 g/mol. The maximum absolute atomic E-state index is 10.9. The highest BCUT2D eigenvalue weighted by Crippen LogP contribution is 2.19. The molecule has 0 fully saturated rings. The molecule has 104 valence electrons. The van der Waals surface area contributed by atoms with Crippen LogP contribution in [0.4, 0.5) is 0 Å². The molecule has 0 saturated carbocycles. The predicted octanol–water partition coefficient (Wildman–Crippen LogP) is 3.57. The Bertz CT molecular complexity index is 591. The smallest absolute Gasteiger partial charge is 0.153 e. The zero-order valence-electron chi connectivity index (χ0n) is 11.8. The molecule has 20 heavy (non-hydrogen) atoms. The second-order valence-electron chi connectivity index (χ2n) is 4.62. The molecule has 0 bridgehead atoms. The molecule has 0 atom stereocenters. The van der Waals surface area contributed by atoms with Crippen LogP contribution in [0.15, 0.2) is 42.5 Å². The summed E-state index contributed by atoms with van der Waals surface area (Å²) in [4.78, 5) is 10.9. The molecule has 0 aliphatic carbocycles. The first-order valence-corrected chi connectivity index (χ1v) is 6.58. The molecular weight excluding hydrogens is 252 g/mol. The molecule has 2 aromatic carbocycles. The highest BCUT2D eigenvalue weighted by molar-refractivity contribution is 5.79. The molecule has 3 nitrogen and oxygen atoms in total. The van der Waals surface area contributed by atoms with Gasteiger partial charge in [0.1, 0.15) is 24.7 Å². The summed E-state index contributed by atoms with van der Waals surface area (Å²) in [5.41, 5.74) is 2.82. The van der Waals surface area contributed by atoms with E-state index < -0.39 is 0 Å². The number of rotatable bonds is 6. The number of hydrogen-bond acceptors (Lipinski definition) is 3. The van der Waals surface area contributed by atoms with Gasteiger partial charge in [-0.15, -0.1) is 0 Å². The third-order valence-electron chi connectivity index (χ3n) is 2.99. The van der Waals surface area contributed by atoms with E-state index in [2.05, 4.69) is 6.07 Å². The largest absolute Gasteiger partial charge is 0.490 e. The Kier molecular flexibility index (Phi) is 4.77. The van der Waals surface area contributed by atoms with E-state index in [0.29, 0.717) is 24.5 Å². The van der Waals surface area contributed by atoms with Gasteiger partial charge in [0.15, 0.2) is 6.29 Å². The second kappa shape index (κ2) is 6.75. The summed E-state index contributed by atoms with van der Waals surface area (Å²) in [5.74, 6) is 1.46. The van der Waals surface area contributed by atoms with E-state index in [1.165, 1.54) is 0 Å². The lowest BCUT2D eigenvalue weighted by Crippen LogP contribution is -2.10. The van der Waals surface area contributed by atoms with Gasteiger partial charge in [0, 0.05) is 0 Å². The zero-order chi connectivity index (χ0) is 14.4. The Morgan fingerprint density at radius 1 is 0.950 bits per heavy atom. The van der Waals surface area contributed by atoms with Crippen molar-refractivity contribution < 1.29 is 14.3 Å². The summed E-state index contributed by atoms with van der Waals surface area (Å²) >= 11 is 0. The van der Waals surface area contributed by atoms with E-state index >= 15 is 0 Å². The molecule has 2 rings (SSSR count). The number of para-hydroxylation sites is 1. The van der Waals surface area contributed by atoms with Gasteiger partial charge in [-0.3, -0.25) is 4.79 Å². The number of aryl methyl sites for hydroxylation is 2. The Hall–Kier alpha value is -2.29. The third-order valence-corrected chi connectivity index (χ3v) is 2.99. The normalized spacial score (nSPS) is 10.1. The highest BCUT2D eigenvalue weighted by Gasteiger charge is 2.02. The lowest BCUT2D eigenvalue weighted by atomic mass is 10.1. The van der Waals surface area contributed by atoms with Crippen molar-refractivity contribution in [2.24, 2.45) is 0 Å². The van der Waals surface area contributed by atoms with E-state index in [1.54, 1.807) is 12.1 Å². The molecule has 2 aromatic rings. The van der Waals surface area contributed by atoms with Crippen molar-refractivity contribution in [1.29, 1.82) is 0 Å². The molecule has 0 N–H and O–H groups in total. The van der Waals surface area contributed by atoms with Gasteiger partial charge in [-0.25, -0.2) is 0 Å². The van der Waals surface area contributed by atoms with Gasteiger partial charge < -0.3 is 9.47 Å². The van der Waals surface area contributed by atoms with Gasteiger partial charge in [0.2, 0.25) is 0 Å². The van der Waals surface area contributed by atoms with Crippen LogP contribution in [0.2, 0.25) is 0 Å². The zero-order valence-corrected chi connectivity index (χ0v) is 11.8. The second-order valence-corrected chi connectivity index (χ2v) is 4.62. The van der Waals surface area contributed by atoms with Crippen molar-refractivity contribution in [3.05, 3.63) is 59.2 Å². The molecule has 0 amide bonds. The first-order chi connectivity index (χ1) is 9.70. The molecule has 0 aliphatic rings. The fraction of sp³-hybridized carbons (Fsp3) is 0.235. The van der Waals surface area contributed by atoms with Crippen LogP contribution in [0, 0.1) is 13.8 Å². The average molecular weight is 270 g/mol. The van der Waals surface area contributed by atoms with Crippen LogP contribution in [0.1, 0.15) is 21.5 Å². The Balaban J connectivity index is 1.87. The minimum Gasteiger partial charge on any atom is -0.490 e. The lowest BCUT2D eigenvalue weighted by molar-refractivity contribution is 0.111. The van der Waals surface area contributed by atoms with Crippen molar-refractivity contribution in [2.45, 2.75) is 13.8 Å². The van der Waals surface area contributed by atoms with Gasteiger partial charge in [0.05, 0.1) is 5.56 Å². The first kappa shape index (κ1) is 14.1. The summed E-state index contributed by atoms with van der Waals surface area (Å²) in [6, 6.07) is 13.3. The molecule has 0 radical (unpaired) electrons. The predicted molar refractivity (Wildman–Crippen MR) is 78.7 cm³/mol. The van der Waals surface area contributed by atoms with Gasteiger partial charge in [-0.05, 0) is 43.2 Å². The van der Waals surface area contributed by atoms with Crippen LogP contribution < -0.4 is 9.47 Å². The van der Waals surface area contributed by atoms with Crippen molar-refractivity contribution in [3.63, 3.8) is 0 Å². The van der Waals surface area contributed by atoms with E-state index in [1.807, 2.05) is 38.1 Å². The summed E-state index contributed by atoms with van der Waals surface area (Å²) in [6.07, 6.45) is 0.793. The SMILES string of the molecule is Cc1ccc(C)c(OCCOc2ccccc2C=O)c1. The Morgan fingerprint density at radius 2 is 1.65 bits per heavy atom. The van der Waals surface area contributed by atoms with Gasteiger partial charge >= 0.3 is 0 Å². The number of carbonyl (C=O) groups is 1. The van der Waals surface area contributed by atoms with E-state index in [-0.39, 0.29) is 0 Å². The number of carbonyl (C=O) groups excluding carboxylic acids is 1. The van der Waals surface area contributed by atoms with Crippen molar-refractivity contribution in [2.75, 3.05) is 13.2 Å². The maximum Gasteiger partial charge on any atom is 0.153 e. The molecule has 0 saturated heterocycles. The fourth-order valence-corrected chi connectivity index (χ4v) is 1.88. The van der Waals surface area contributed by atoms with Crippen LogP contribution >= 0.6 is 0 Å². The third kappa shape index (κ3) is 3.60. The van der Waals surface area contributed by atoms with Gasteiger partial charge in [-0.2, -0.15) is 0 Å². The molecule has 0 aliphatic heterocycles. The van der Waals surface area contributed by atoms with E-state index in [4.69, 9.17) is 9.47 Å². The standard InChI is InChI=1S/C17H18O3/c1-13-7-8-14(2)17(11-13)20-10-9-19-16-6-4-3-5-15(16)12-18/h3-8,11-12H,9-10H2,1-2H3. The van der Waals surface area contributed by atoms with Crippen LogP contribution in [-0.2, 0) is 0 Å². The van der Waals surface area contributed by atoms with Crippen molar-refractivity contribution in [3.8, 4) is 11.5 Å². The van der Waals surface area contributed by atoms with E-state index in [0.717, 1.165) is 23.2 Å². The maximum atomic E-state index is 10.9. The number of ether oxygens (including phenoxy) is 2. The summed E-state index contributed by atoms with van der Waals surface area (Å²) < 4.78 is 11.3. The summed E-state index contributed by atoms with van der Waals surface area (Å²) in [5, 5.41) is 0. The molecule has 0 unspecified atom stereocenters. The molecule has 0 spiro atoms. The minimum absolute atomic E-state index is 0.401. The van der Waals surface area contributed by atoms with E-state index in [9.17, 15) is 4.79 Å². The quantitative estimate of drug-likeness (QED) is 0.594. The van der Waals surface area contributed by atoms with Crippen LogP contribution in [0.25, 0.3) is 0 Å². The summed E-state index contributed by atoms with van der Waals surface area (Å²) in [6.45, 7) is 4.89. The van der Waals surface area contributed by atoms with Crippen LogP contribution in [0.3, 0.4) is 0 Å². The van der Waals surface area contributed by atoms with Gasteiger partial charge in [-0.1, -0.05) is 24.3 Å². The number of aldehydes is 1. The van der Waals surface area contributed by atoms with Gasteiger partial charge in [0.25, 0.3) is 0 Å². The lowest BCUT2D eigenvalue weighted by Gasteiger charge is -2.11. The molecule has 3 heteroatoms. The molecule has 0 aromatic heterocycles. The van der Waals surface area contributed by atoms with Crippen LogP contribution in [0.5, 0.6) is 11.5 Å². The Morgan fingerprint density at radius 3 is 2.40 bits per heavy atom. The summed E-state index contributed by atoms with van der Waals surface area (Å²) in [7, 11) is 0. The fourth-order valence-electron chi connectivity index (χ4n) is 1.88. The topological polar surface area (TPSA) is 35.5 Å². The van der Waals surface area contributed by atoms with Crippen LogP contribution in [-0.4, -0.2) is 19.5 Å². The Labute approximate surface area is 119 Å². The number of hydrogen-bond donors (Lipinski definition) is 0. The molecule has 0 heterocycles.